The maximum atomic E-state index is 12.9. The van der Waals surface area contributed by atoms with Crippen LogP contribution < -0.4 is 16.2 Å². The summed E-state index contributed by atoms with van der Waals surface area (Å²) in [7, 11) is 1.74. The molecule has 4 aromatic rings. The molecule has 1 aromatic carbocycles. The average Bonchev–Trinajstić information content (AvgIpc) is 3.66. The zero-order valence-electron chi connectivity index (χ0n) is 19.1. The Kier molecular flexibility index (Phi) is 5.70. The van der Waals surface area contributed by atoms with Crippen LogP contribution in [-0.2, 0) is 12.6 Å². The quantitative estimate of drug-likeness (QED) is 0.319. The zero-order valence-corrected chi connectivity index (χ0v) is 20.6. The van der Waals surface area contributed by atoms with Crippen LogP contribution >= 0.6 is 23.2 Å². The highest BCUT2D eigenvalue weighted by Crippen LogP contribution is 2.40. The van der Waals surface area contributed by atoms with Crippen molar-refractivity contribution >= 4 is 51.2 Å². The van der Waals surface area contributed by atoms with Crippen LogP contribution in [0.1, 0.15) is 44.0 Å². The normalized spacial score (nSPS) is 13.8. The number of fused-ring (bicyclic) bond motifs is 1. The lowest BCUT2D eigenvalue weighted by atomic mass is 10.0. The standard InChI is InChI=1S/C25H24Cl2N6O/c1-25(2,24-29-12-15(13-30-24)14-7-8-14)32-19-11-20(34)33(3)22-16(19)5-4-6-18(22)31-17-9-10-28-23(27)21(17)26/h4-6,9-14,32H,7-8H2,1-3H3,(H,28,31). The van der Waals surface area contributed by atoms with Gasteiger partial charge in [0.1, 0.15) is 10.2 Å². The highest BCUT2D eigenvalue weighted by molar-refractivity contribution is 6.43. The number of hydrogen-bond acceptors (Lipinski definition) is 6. The van der Waals surface area contributed by atoms with Crippen LogP contribution in [0.2, 0.25) is 10.2 Å². The average molecular weight is 495 g/mol. The fourth-order valence-electron chi connectivity index (χ4n) is 4.08. The molecule has 1 aliphatic rings. The van der Waals surface area contributed by atoms with Gasteiger partial charge in [-0.3, -0.25) is 4.79 Å². The van der Waals surface area contributed by atoms with Gasteiger partial charge in [0.05, 0.1) is 22.4 Å². The van der Waals surface area contributed by atoms with Gasteiger partial charge in [-0.25, -0.2) is 15.0 Å². The van der Waals surface area contributed by atoms with Gasteiger partial charge in [0.15, 0.2) is 5.82 Å². The van der Waals surface area contributed by atoms with E-state index in [0.29, 0.717) is 33.8 Å². The van der Waals surface area contributed by atoms with Crippen molar-refractivity contribution in [2.75, 3.05) is 10.6 Å². The number of halogens is 2. The van der Waals surface area contributed by atoms with Crippen LogP contribution in [0.4, 0.5) is 17.1 Å². The molecule has 0 aliphatic heterocycles. The largest absolute Gasteiger partial charge is 0.372 e. The predicted molar refractivity (Wildman–Crippen MR) is 137 cm³/mol. The monoisotopic (exact) mass is 494 g/mol. The number of aryl methyl sites for hydroxylation is 1. The number of hydrogen-bond donors (Lipinski definition) is 2. The predicted octanol–water partition coefficient (Wildman–Crippen LogP) is 6.00. The smallest absolute Gasteiger partial charge is 0.252 e. The summed E-state index contributed by atoms with van der Waals surface area (Å²) < 4.78 is 1.60. The van der Waals surface area contributed by atoms with E-state index in [4.69, 9.17) is 23.2 Å². The Balaban J connectivity index is 1.55. The molecule has 1 aliphatic carbocycles. The first-order chi connectivity index (χ1) is 16.2. The number of aromatic nitrogens is 4. The third-order valence-electron chi connectivity index (χ3n) is 6.10. The Hall–Kier alpha value is -3.16. The highest BCUT2D eigenvalue weighted by atomic mass is 35.5. The molecule has 0 atom stereocenters. The van der Waals surface area contributed by atoms with Crippen molar-refractivity contribution in [3.05, 3.63) is 80.8 Å². The van der Waals surface area contributed by atoms with E-state index in [1.54, 1.807) is 29.9 Å². The van der Waals surface area contributed by atoms with E-state index in [1.165, 1.54) is 18.4 Å². The van der Waals surface area contributed by atoms with Crippen molar-refractivity contribution in [3.8, 4) is 0 Å². The molecule has 0 spiro atoms. The molecule has 9 heteroatoms. The number of nitrogens with zero attached hydrogens (tertiary/aromatic N) is 4. The van der Waals surface area contributed by atoms with E-state index in [-0.39, 0.29) is 10.7 Å². The molecule has 3 heterocycles. The molecular formula is C25H24Cl2N6O. The van der Waals surface area contributed by atoms with Gasteiger partial charge in [0, 0.05) is 42.8 Å². The van der Waals surface area contributed by atoms with Crippen LogP contribution in [0.3, 0.4) is 0 Å². The molecule has 1 fully saturated rings. The Bertz CT molecular complexity index is 1440. The molecule has 0 saturated heterocycles. The third kappa shape index (κ3) is 4.21. The van der Waals surface area contributed by atoms with Gasteiger partial charge < -0.3 is 15.2 Å². The molecule has 5 rings (SSSR count). The van der Waals surface area contributed by atoms with E-state index in [9.17, 15) is 4.79 Å². The molecule has 1 saturated carbocycles. The van der Waals surface area contributed by atoms with Crippen molar-refractivity contribution in [2.24, 2.45) is 7.05 Å². The Labute approximate surface area is 207 Å². The second-order valence-electron chi connectivity index (χ2n) is 9.11. The van der Waals surface area contributed by atoms with Gasteiger partial charge in [-0.2, -0.15) is 0 Å². The molecule has 0 unspecified atom stereocenters. The van der Waals surface area contributed by atoms with E-state index in [2.05, 4.69) is 25.6 Å². The fraction of sp³-hybridized carbons (Fsp3) is 0.280. The first kappa shape index (κ1) is 22.6. The first-order valence-electron chi connectivity index (χ1n) is 11.0. The van der Waals surface area contributed by atoms with Crippen molar-refractivity contribution in [1.82, 2.24) is 19.5 Å². The number of rotatable bonds is 6. The topological polar surface area (TPSA) is 84.7 Å². The van der Waals surface area contributed by atoms with Gasteiger partial charge >= 0.3 is 0 Å². The summed E-state index contributed by atoms with van der Waals surface area (Å²) in [6.45, 7) is 4.01. The van der Waals surface area contributed by atoms with E-state index < -0.39 is 5.54 Å². The number of para-hydroxylation sites is 1. The van der Waals surface area contributed by atoms with Gasteiger partial charge in [0.25, 0.3) is 5.56 Å². The summed E-state index contributed by atoms with van der Waals surface area (Å²) in [4.78, 5) is 26.2. The minimum absolute atomic E-state index is 0.149. The van der Waals surface area contributed by atoms with Crippen LogP contribution in [0.5, 0.6) is 0 Å². The lowest BCUT2D eigenvalue weighted by Gasteiger charge is -2.27. The van der Waals surface area contributed by atoms with Crippen LogP contribution in [0.15, 0.2) is 53.7 Å². The Morgan fingerprint density at radius 1 is 1.03 bits per heavy atom. The minimum atomic E-state index is -0.604. The molecule has 0 radical (unpaired) electrons. The zero-order chi connectivity index (χ0) is 24.0. The van der Waals surface area contributed by atoms with Gasteiger partial charge in [-0.15, -0.1) is 0 Å². The van der Waals surface area contributed by atoms with E-state index in [0.717, 1.165) is 10.9 Å². The summed E-state index contributed by atoms with van der Waals surface area (Å²) in [5.74, 6) is 1.26. The molecule has 174 valence electrons. The van der Waals surface area contributed by atoms with Crippen LogP contribution in [-0.4, -0.2) is 19.5 Å². The highest BCUT2D eigenvalue weighted by Gasteiger charge is 2.28. The molecule has 34 heavy (non-hydrogen) atoms. The minimum Gasteiger partial charge on any atom is -0.372 e. The maximum absolute atomic E-state index is 12.9. The van der Waals surface area contributed by atoms with Crippen molar-refractivity contribution in [2.45, 2.75) is 38.1 Å². The fourth-order valence-corrected chi connectivity index (χ4v) is 4.39. The summed E-state index contributed by atoms with van der Waals surface area (Å²) >= 11 is 12.4. The number of anilines is 3. The molecule has 2 N–H and O–H groups in total. The van der Waals surface area contributed by atoms with Gasteiger partial charge in [0.2, 0.25) is 0 Å². The van der Waals surface area contributed by atoms with E-state index in [1.807, 2.05) is 44.4 Å². The van der Waals surface area contributed by atoms with Gasteiger partial charge in [-0.05, 0) is 50.3 Å². The number of benzene rings is 1. The molecule has 0 bridgehead atoms. The van der Waals surface area contributed by atoms with Crippen molar-refractivity contribution in [1.29, 1.82) is 0 Å². The second-order valence-corrected chi connectivity index (χ2v) is 9.85. The van der Waals surface area contributed by atoms with Crippen LogP contribution in [0, 0.1) is 0 Å². The first-order valence-corrected chi connectivity index (χ1v) is 11.8. The second kappa shape index (κ2) is 8.56. The number of pyridine rings is 2. The van der Waals surface area contributed by atoms with Crippen LogP contribution in [0.25, 0.3) is 10.9 Å². The summed E-state index contributed by atoms with van der Waals surface area (Å²) in [6.07, 6.45) is 7.81. The molecule has 3 aromatic heterocycles. The van der Waals surface area contributed by atoms with Crippen molar-refractivity contribution < 1.29 is 0 Å². The third-order valence-corrected chi connectivity index (χ3v) is 6.87. The summed E-state index contributed by atoms with van der Waals surface area (Å²) in [5.41, 5.74) is 3.17. The summed E-state index contributed by atoms with van der Waals surface area (Å²) in [5, 5.41) is 8.18. The Morgan fingerprint density at radius 2 is 1.76 bits per heavy atom. The van der Waals surface area contributed by atoms with E-state index >= 15 is 0 Å². The maximum Gasteiger partial charge on any atom is 0.252 e. The number of nitrogens with one attached hydrogen (secondary N) is 2. The lowest BCUT2D eigenvalue weighted by Crippen LogP contribution is -2.31. The molecule has 0 amide bonds. The summed E-state index contributed by atoms with van der Waals surface area (Å²) in [6, 6.07) is 9.12. The molecular weight excluding hydrogens is 471 g/mol. The van der Waals surface area contributed by atoms with Crippen molar-refractivity contribution in [3.63, 3.8) is 0 Å². The SMILES string of the molecule is Cn1c(=O)cc(NC(C)(C)c2ncc(C3CC3)cn2)c2cccc(Nc3ccnc(Cl)c3Cl)c21. The Morgan fingerprint density at radius 3 is 2.47 bits per heavy atom. The lowest BCUT2D eigenvalue weighted by molar-refractivity contribution is 0.561. The van der Waals surface area contributed by atoms with Gasteiger partial charge in [-0.1, -0.05) is 35.3 Å². The molecule has 7 nitrogen and oxygen atoms in total.